The third-order valence-electron chi connectivity index (χ3n) is 2.77. The van der Waals surface area contributed by atoms with Crippen LogP contribution in [-0.4, -0.2) is 9.78 Å². The number of nitrogens with two attached hydrogens (primary N) is 1. The lowest BCUT2D eigenvalue weighted by atomic mass is 10.0. The zero-order chi connectivity index (χ0) is 13.3. The van der Waals surface area contributed by atoms with Crippen molar-refractivity contribution in [1.29, 1.82) is 0 Å². The molecule has 1 heterocycles. The molecule has 0 fully saturated rings. The van der Waals surface area contributed by atoms with Gasteiger partial charge in [-0.25, -0.2) is 8.78 Å². The van der Waals surface area contributed by atoms with Gasteiger partial charge in [0.05, 0.1) is 16.2 Å². The molecule has 0 bridgehead atoms. The highest BCUT2D eigenvalue weighted by Crippen LogP contribution is 2.30. The Morgan fingerprint density at radius 2 is 2.11 bits per heavy atom. The van der Waals surface area contributed by atoms with E-state index in [4.69, 9.17) is 5.73 Å². The van der Waals surface area contributed by atoms with E-state index >= 15 is 0 Å². The zero-order valence-electron chi connectivity index (χ0n) is 9.70. The maximum absolute atomic E-state index is 13.5. The maximum atomic E-state index is 13.5. The Labute approximate surface area is 112 Å². The Kier molecular flexibility index (Phi) is 3.77. The number of rotatable bonds is 3. The summed E-state index contributed by atoms with van der Waals surface area (Å²) in [5.74, 6) is -1.83. The second-order valence-electron chi connectivity index (χ2n) is 3.81. The van der Waals surface area contributed by atoms with Gasteiger partial charge in [0.1, 0.15) is 0 Å². The summed E-state index contributed by atoms with van der Waals surface area (Å²) in [5.41, 5.74) is 7.32. The van der Waals surface area contributed by atoms with Crippen LogP contribution in [0.15, 0.2) is 28.9 Å². The molecular formula is C12H12BrF2N3. The third-order valence-corrected chi connectivity index (χ3v) is 3.57. The number of hydrogen-bond acceptors (Lipinski definition) is 2. The fourth-order valence-electron chi connectivity index (χ4n) is 1.81. The van der Waals surface area contributed by atoms with E-state index in [1.165, 1.54) is 6.07 Å². The van der Waals surface area contributed by atoms with E-state index < -0.39 is 17.7 Å². The van der Waals surface area contributed by atoms with Crippen LogP contribution in [0.2, 0.25) is 0 Å². The minimum absolute atomic E-state index is 0.0545. The first kappa shape index (κ1) is 13.2. The highest BCUT2D eigenvalue weighted by atomic mass is 79.9. The average Bonchev–Trinajstić information content (AvgIpc) is 2.83. The van der Waals surface area contributed by atoms with Crippen LogP contribution in [0.1, 0.15) is 24.2 Å². The number of aromatic nitrogens is 2. The lowest BCUT2D eigenvalue weighted by Crippen LogP contribution is -2.18. The van der Waals surface area contributed by atoms with E-state index in [2.05, 4.69) is 21.0 Å². The van der Waals surface area contributed by atoms with Crippen LogP contribution >= 0.6 is 15.9 Å². The molecule has 0 amide bonds. The monoisotopic (exact) mass is 315 g/mol. The van der Waals surface area contributed by atoms with Gasteiger partial charge in [-0.1, -0.05) is 6.07 Å². The highest BCUT2D eigenvalue weighted by molar-refractivity contribution is 9.10. The van der Waals surface area contributed by atoms with E-state index in [0.29, 0.717) is 12.1 Å². The molecule has 1 aromatic heterocycles. The van der Waals surface area contributed by atoms with Gasteiger partial charge in [-0.3, -0.25) is 4.68 Å². The molecule has 0 saturated heterocycles. The smallest absolute Gasteiger partial charge is 0.173 e. The standard InChI is InChI=1S/C12H12BrF2N3/c1-2-18-9(5-6-17-18)12(16)7-3-4-8(14)11(15)10(7)13/h3-6,12H,2,16H2,1H3. The molecule has 2 aromatic rings. The van der Waals surface area contributed by atoms with Crippen molar-refractivity contribution >= 4 is 15.9 Å². The van der Waals surface area contributed by atoms with Gasteiger partial charge < -0.3 is 5.73 Å². The van der Waals surface area contributed by atoms with Crippen LogP contribution in [0.4, 0.5) is 8.78 Å². The third kappa shape index (κ3) is 2.18. The molecule has 1 aromatic carbocycles. The van der Waals surface area contributed by atoms with Crippen molar-refractivity contribution in [2.75, 3.05) is 0 Å². The van der Waals surface area contributed by atoms with Crippen LogP contribution in [-0.2, 0) is 6.54 Å². The van der Waals surface area contributed by atoms with Crippen molar-refractivity contribution in [3.63, 3.8) is 0 Å². The predicted octanol–water partition coefficient (Wildman–Crippen LogP) is 2.99. The molecule has 0 radical (unpaired) electrons. The first-order valence-electron chi connectivity index (χ1n) is 5.47. The quantitative estimate of drug-likeness (QED) is 0.885. The fraction of sp³-hybridized carbons (Fsp3) is 0.250. The summed E-state index contributed by atoms with van der Waals surface area (Å²) in [4.78, 5) is 0. The van der Waals surface area contributed by atoms with Crippen LogP contribution in [0.5, 0.6) is 0 Å². The highest BCUT2D eigenvalue weighted by Gasteiger charge is 2.19. The van der Waals surface area contributed by atoms with Crippen LogP contribution < -0.4 is 5.73 Å². The number of aryl methyl sites for hydroxylation is 1. The Balaban J connectivity index is 2.46. The lowest BCUT2D eigenvalue weighted by molar-refractivity contribution is 0.500. The van der Waals surface area contributed by atoms with E-state index in [1.54, 1.807) is 16.9 Å². The van der Waals surface area contributed by atoms with E-state index in [-0.39, 0.29) is 4.47 Å². The molecule has 96 valence electrons. The Bertz CT molecular complexity index is 568. The van der Waals surface area contributed by atoms with Crippen LogP contribution in [0, 0.1) is 11.6 Å². The fourth-order valence-corrected chi connectivity index (χ4v) is 2.38. The molecule has 0 saturated carbocycles. The van der Waals surface area contributed by atoms with Gasteiger partial charge in [0, 0.05) is 12.7 Å². The molecule has 0 aliphatic carbocycles. The molecule has 0 aliphatic heterocycles. The van der Waals surface area contributed by atoms with E-state index in [9.17, 15) is 8.78 Å². The summed E-state index contributed by atoms with van der Waals surface area (Å²) in [6.45, 7) is 2.60. The Hall–Kier alpha value is -1.27. The first-order valence-corrected chi connectivity index (χ1v) is 6.26. The second kappa shape index (κ2) is 5.16. The largest absolute Gasteiger partial charge is 0.319 e. The van der Waals surface area contributed by atoms with Gasteiger partial charge in [-0.05, 0) is 40.5 Å². The second-order valence-corrected chi connectivity index (χ2v) is 4.61. The summed E-state index contributed by atoms with van der Waals surface area (Å²) in [7, 11) is 0. The van der Waals surface area contributed by atoms with Crippen molar-refractivity contribution in [3.8, 4) is 0 Å². The SMILES string of the molecule is CCn1nccc1C(N)c1ccc(F)c(F)c1Br. The van der Waals surface area contributed by atoms with E-state index in [0.717, 1.165) is 11.8 Å². The molecule has 2 rings (SSSR count). The summed E-state index contributed by atoms with van der Waals surface area (Å²) < 4.78 is 28.3. The molecule has 1 unspecified atom stereocenters. The Morgan fingerprint density at radius 3 is 2.78 bits per heavy atom. The van der Waals surface area contributed by atoms with Crippen molar-refractivity contribution in [2.24, 2.45) is 5.73 Å². The number of benzene rings is 1. The van der Waals surface area contributed by atoms with Crippen molar-refractivity contribution in [2.45, 2.75) is 19.5 Å². The van der Waals surface area contributed by atoms with Gasteiger partial charge in [0.2, 0.25) is 0 Å². The van der Waals surface area contributed by atoms with Gasteiger partial charge in [-0.2, -0.15) is 5.10 Å². The summed E-state index contributed by atoms with van der Waals surface area (Å²) >= 11 is 3.04. The minimum atomic E-state index is -0.925. The van der Waals surface area contributed by atoms with Gasteiger partial charge in [0.15, 0.2) is 11.6 Å². The molecular weight excluding hydrogens is 304 g/mol. The van der Waals surface area contributed by atoms with Crippen molar-refractivity contribution < 1.29 is 8.78 Å². The molecule has 6 heteroatoms. The average molecular weight is 316 g/mol. The van der Waals surface area contributed by atoms with Crippen LogP contribution in [0.25, 0.3) is 0 Å². The minimum Gasteiger partial charge on any atom is -0.319 e. The lowest BCUT2D eigenvalue weighted by Gasteiger charge is -2.15. The maximum Gasteiger partial charge on any atom is 0.173 e. The van der Waals surface area contributed by atoms with Gasteiger partial charge in [-0.15, -0.1) is 0 Å². The van der Waals surface area contributed by atoms with Crippen molar-refractivity contribution in [3.05, 3.63) is 51.8 Å². The summed E-state index contributed by atoms with van der Waals surface area (Å²) in [6, 6.07) is 3.75. The normalized spacial score (nSPS) is 12.7. The topological polar surface area (TPSA) is 43.8 Å². The predicted molar refractivity (Wildman–Crippen MR) is 68.0 cm³/mol. The van der Waals surface area contributed by atoms with Crippen LogP contribution in [0.3, 0.4) is 0 Å². The summed E-state index contributed by atoms with van der Waals surface area (Å²) in [5, 5.41) is 4.10. The molecule has 18 heavy (non-hydrogen) atoms. The van der Waals surface area contributed by atoms with Gasteiger partial charge in [0.25, 0.3) is 0 Å². The number of nitrogens with zero attached hydrogens (tertiary/aromatic N) is 2. The summed E-state index contributed by atoms with van der Waals surface area (Å²) in [6.07, 6.45) is 1.63. The molecule has 3 nitrogen and oxygen atoms in total. The van der Waals surface area contributed by atoms with Gasteiger partial charge >= 0.3 is 0 Å². The number of hydrogen-bond donors (Lipinski definition) is 1. The molecule has 1 atom stereocenters. The number of halogens is 3. The van der Waals surface area contributed by atoms with E-state index in [1.807, 2.05) is 6.92 Å². The van der Waals surface area contributed by atoms with Crippen molar-refractivity contribution in [1.82, 2.24) is 9.78 Å². The first-order chi connectivity index (χ1) is 8.56. The Morgan fingerprint density at radius 1 is 1.39 bits per heavy atom. The molecule has 2 N–H and O–H groups in total. The molecule has 0 spiro atoms. The zero-order valence-corrected chi connectivity index (χ0v) is 11.3. The molecule has 0 aliphatic rings.